The van der Waals surface area contributed by atoms with E-state index >= 15 is 0 Å². The molecule has 3 rings (SSSR count). The first-order valence-electron chi connectivity index (χ1n) is 7.35. The van der Waals surface area contributed by atoms with Crippen LogP contribution in [0.15, 0.2) is 41.4 Å². The lowest BCUT2D eigenvalue weighted by Gasteiger charge is -2.12. The summed E-state index contributed by atoms with van der Waals surface area (Å²) in [5, 5.41) is 5.46. The topological polar surface area (TPSA) is 99.8 Å². The summed E-state index contributed by atoms with van der Waals surface area (Å²) < 4.78 is 60.7. The minimum atomic E-state index is -4.40. The van der Waals surface area contributed by atoms with Crippen LogP contribution in [-0.2, 0) is 9.84 Å². The van der Waals surface area contributed by atoms with Crippen molar-refractivity contribution in [3.05, 3.63) is 36.5 Å². The second kappa shape index (κ2) is 6.48. The highest BCUT2D eigenvalue weighted by Crippen LogP contribution is 2.25. The van der Waals surface area contributed by atoms with Crippen LogP contribution in [0.25, 0.3) is 11.0 Å². The third-order valence-corrected chi connectivity index (χ3v) is 4.50. The van der Waals surface area contributed by atoms with Gasteiger partial charge in [-0.1, -0.05) is 6.07 Å². The lowest BCUT2D eigenvalue weighted by atomic mass is 10.3. The van der Waals surface area contributed by atoms with Crippen LogP contribution in [0.2, 0.25) is 0 Å². The molecule has 0 radical (unpaired) electrons. The molecule has 138 valence electrons. The van der Waals surface area contributed by atoms with Crippen LogP contribution in [-0.4, -0.2) is 42.3 Å². The van der Waals surface area contributed by atoms with Crippen LogP contribution < -0.4 is 10.6 Å². The number of aromatic nitrogens is 3. The van der Waals surface area contributed by atoms with Crippen LogP contribution in [0.3, 0.4) is 0 Å². The second-order valence-corrected chi connectivity index (χ2v) is 7.55. The molecule has 0 saturated heterocycles. The Morgan fingerprint density at radius 1 is 1.19 bits per heavy atom. The molecular weight excluding hydrogens is 371 g/mol. The van der Waals surface area contributed by atoms with Gasteiger partial charge in [0.15, 0.2) is 9.84 Å². The van der Waals surface area contributed by atoms with E-state index in [1.807, 2.05) is 0 Å². The Balaban J connectivity index is 1.93. The highest BCUT2D eigenvalue weighted by atomic mass is 32.2. The molecule has 0 spiro atoms. The van der Waals surface area contributed by atoms with Crippen molar-refractivity contribution in [3.63, 3.8) is 0 Å². The van der Waals surface area contributed by atoms with E-state index < -0.39 is 22.6 Å². The van der Waals surface area contributed by atoms with E-state index in [0.29, 0.717) is 16.7 Å². The van der Waals surface area contributed by atoms with Crippen molar-refractivity contribution in [1.82, 2.24) is 15.0 Å². The molecule has 0 aliphatic heterocycles. The van der Waals surface area contributed by atoms with Gasteiger partial charge in [-0.15, -0.1) is 0 Å². The Morgan fingerprint density at radius 2 is 1.96 bits per heavy atom. The van der Waals surface area contributed by atoms with Gasteiger partial charge in [0, 0.05) is 18.1 Å². The van der Waals surface area contributed by atoms with Crippen LogP contribution in [0, 0.1) is 0 Å². The lowest BCUT2D eigenvalue weighted by molar-refractivity contribution is -0.115. The quantitative estimate of drug-likeness (QED) is 0.624. The highest BCUT2D eigenvalue weighted by molar-refractivity contribution is 7.90. The molecule has 11 heteroatoms. The first kappa shape index (κ1) is 18.0. The molecule has 0 unspecified atom stereocenters. The highest BCUT2D eigenvalue weighted by Gasteiger charge is 2.27. The molecule has 0 atom stereocenters. The number of halogens is 3. The molecule has 26 heavy (non-hydrogen) atoms. The number of nitrogens with one attached hydrogen (secondary N) is 3. The minimum Gasteiger partial charge on any atom is -0.360 e. The van der Waals surface area contributed by atoms with Gasteiger partial charge in [0.1, 0.15) is 18.0 Å². The third kappa shape index (κ3) is 4.23. The van der Waals surface area contributed by atoms with Gasteiger partial charge in [-0.05, 0) is 24.3 Å². The van der Waals surface area contributed by atoms with Gasteiger partial charge in [-0.3, -0.25) is 0 Å². The van der Waals surface area contributed by atoms with Gasteiger partial charge in [0.2, 0.25) is 5.95 Å². The van der Waals surface area contributed by atoms with Gasteiger partial charge in [0.25, 0.3) is 0 Å². The Bertz CT molecular complexity index is 1050. The number of H-pyrrole nitrogens is 1. The van der Waals surface area contributed by atoms with E-state index in [0.717, 1.165) is 6.26 Å². The molecule has 3 aromatic rings. The molecule has 0 saturated carbocycles. The molecule has 0 fully saturated rings. The summed E-state index contributed by atoms with van der Waals surface area (Å²) in [7, 11) is -3.40. The standard InChI is InChI=1S/C15H14F3N5O2S/c1-26(24,25)10-4-2-3-9(7-10)21-14-22-12-11(5-6-19-12)13(23-14)20-8-15(16,17)18/h2-7H,8H2,1H3,(H3,19,20,21,22,23). The fraction of sp³-hybridized carbons (Fsp3) is 0.200. The van der Waals surface area contributed by atoms with Crippen molar-refractivity contribution in [2.24, 2.45) is 0 Å². The zero-order valence-electron chi connectivity index (χ0n) is 13.4. The lowest BCUT2D eigenvalue weighted by Crippen LogP contribution is -2.22. The molecule has 0 aliphatic rings. The molecule has 2 aromatic heterocycles. The normalized spacial score (nSPS) is 12.3. The van der Waals surface area contributed by atoms with E-state index in [2.05, 4.69) is 25.6 Å². The van der Waals surface area contributed by atoms with Crippen molar-refractivity contribution in [3.8, 4) is 0 Å². The van der Waals surface area contributed by atoms with Gasteiger partial charge >= 0.3 is 6.18 Å². The van der Waals surface area contributed by atoms with Crippen LogP contribution in [0.1, 0.15) is 0 Å². The molecule has 7 nitrogen and oxygen atoms in total. The summed E-state index contributed by atoms with van der Waals surface area (Å²) in [5.41, 5.74) is 0.729. The number of benzene rings is 1. The summed E-state index contributed by atoms with van der Waals surface area (Å²) in [6.07, 6.45) is -1.79. The Hall–Kier alpha value is -2.82. The average molecular weight is 385 g/mol. The SMILES string of the molecule is CS(=O)(=O)c1cccc(Nc2nc(NCC(F)(F)F)c3cc[nH]c3n2)c1. The molecule has 3 N–H and O–H groups in total. The molecule has 1 aromatic carbocycles. The maximum atomic E-state index is 12.5. The van der Waals surface area contributed by atoms with Crippen molar-refractivity contribution in [2.45, 2.75) is 11.1 Å². The molecule has 0 bridgehead atoms. The molecule has 0 aliphatic carbocycles. The Labute approximate surface area is 146 Å². The third-order valence-electron chi connectivity index (χ3n) is 3.39. The first-order valence-corrected chi connectivity index (χ1v) is 9.24. The summed E-state index contributed by atoms with van der Waals surface area (Å²) in [4.78, 5) is 11.1. The smallest absolute Gasteiger partial charge is 0.360 e. The number of fused-ring (bicyclic) bond motifs is 1. The summed E-state index contributed by atoms with van der Waals surface area (Å²) >= 11 is 0. The monoisotopic (exact) mass is 385 g/mol. The number of rotatable bonds is 5. The predicted octanol–water partition coefficient (Wildman–Crippen LogP) is 3.08. The van der Waals surface area contributed by atoms with E-state index in [1.165, 1.54) is 24.4 Å². The molecule has 2 heterocycles. The zero-order chi connectivity index (χ0) is 18.9. The fourth-order valence-corrected chi connectivity index (χ4v) is 2.92. The van der Waals surface area contributed by atoms with E-state index in [9.17, 15) is 21.6 Å². The van der Waals surface area contributed by atoms with Gasteiger partial charge in [0.05, 0.1) is 10.3 Å². The van der Waals surface area contributed by atoms with Crippen molar-refractivity contribution < 1.29 is 21.6 Å². The van der Waals surface area contributed by atoms with Crippen LogP contribution >= 0.6 is 0 Å². The summed E-state index contributed by atoms with van der Waals surface area (Å²) in [6.45, 7) is -1.24. The van der Waals surface area contributed by atoms with Gasteiger partial charge in [-0.2, -0.15) is 23.1 Å². The van der Waals surface area contributed by atoms with Gasteiger partial charge in [-0.25, -0.2) is 8.42 Å². The fourth-order valence-electron chi connectivity index (χ4n) is 2.25. The molecule has 0 amide bonds. The van der Waals surface area contributed by atoms with E-state index in [-0.39, 0.29) is 16.7 Å². The van der Waals surface area contributed by atoms with Crippen molar-refractivity contribution in [2.75, 3.05) is 23.4 Å². The largest absolute Gasteiger partial charge is 0.405 e. The number of hydrogen-bond donors (Lipinski definition) is 3. The minimum absolute atomic E-state index is 0.00958. The maximum Gasteiger partial charge on any atom is 0.405 e. The number of hydrogen-bond acceptors (Lipinski definition) is 6. The first-order chi connectivity index (χ1) is 12.1. The number of sulfone groups is 1. The number of nitrogens with zero attached hydrogens (tertiary/aromatic N) is 2. The second-order valence-electron chi connectivity index (χ2n) is 5.53. The van der Waals surface area contributed by atoms with Crippen molar-refractivity contribution in [1.29, 1.82) is 0 Å². The summed E-state index contributed by atoms with van der Waals surface area (Å²) in [5.74, 6) is 0.0330. The summed E-state index contributed by atoms with van der Waals surface area (Å²) in [6, 6.07) is 7.52. The maximum absolute atomic E-state index is 12.5. The van der Waals surface area contributed by atoms with Crippen molar-refractivity contribution >= 4 is 38.3 Å². The van der Waals surface area contributed by atoms with Crippen LogP contribution in [0.4, 0.5) is 30.6 Å². The number of aromatic amines is 1. The van der Waals surface area contributed by atoms with Gasteiger partial charge < -0.3 is 15.6 Å². The zero-order valence-corrected chi connectivity index (χ0v) is 14.2. The van der Waals surface area contributed by atoms with E-state index in [4.69, 9.17) is 0 Å². The molecular formula is C15H14F3N5O2S. The average Bonchev–Trinajstić information content (AvgIpc) is 3.00. The Kier molecular flexibility index (Phi) is 4.48. The van der Waals surface area contributed by atoms with Crippen LogP contribution in [0.5, 0.6) is 0 Å². The van der Waals surface area contributed by atoms with E-state index in [1.54, 1.807) is 12.1 Å². The predicted molar refractivity (Wildman–Crippen MR) is 91.3 cm³/mol. The Morgan fingerprint density at radius 3 is 2.65 bits per heavy atom. The number of alkyl halides is 3. The number of anilines is 3.